The van der Waals surface area contributed by atoms with Gasteiger partial charge in [-0.1, -0.05) is 6.92 Å². The van der Waals surface area contributed by atoms with Gasteiger partial charge in [-0.3, -0.25) is 4.79 Å². The quantitative estimate of drug-likeness (QED) is 0.434. The zero-order chi connectivity index (χ0) is 11.4. The van der Waals surface area contributed by atoms with Crippen LogP contribution in [0, 0.1) is 11.3 Å². The standard InChI is InChI=1S/C7H8F3NO3/c1-4(2-3-11)5(12)14-6(13)7(8,9)10/h3-4,11H,2H2,1H3/t4-/m1/s1. The first-order valence-corrected chi connectivity index (χ1v) is 3.60. The molecular weight excluding hydrogens is 203 g/mol. The number of hydrogen-bond donors (Lipinski definition) is 1. The minimum atomic E-state index is -5.17. The molecule has 0 aliphatic rings. The average Bonchev–Trinajstić information content (AvgIpc) is 2.02. The Balaban J connectivity index is 4.20. The van der Waals surface area contributed by atoms with E-state index >= 15 is 0 Å². The van der Waals surface area contributed by atoms with Gasteiger partial charge in [0.2, 0.25) is 0 Å². The van der Waals surface area contributed by atoms with Gasteiger partial charge >= 0.3 is 18.1 Å². The van der Waals surface area contributed by atoms with Crippen molar-refractivity contribution in [1.29, 1.82) is 5.41 Å². The van der Waals surface area contributed by atoms with Crippen molar-refractivity contribution in [3.05, 3.63) is 0 Å². The summed E-state index contributed by atoms with van der Waals surface area (Å²) in [4.78, 5) is 20.9. The molecule has 0 aromatic carbocycles. The first-order chi connectivity index (χ1) is 6.29. The van der Waals surface area contributed by atoms with Gasteiger partial charge in [0.25, 0.3) is 0 Å². The number of alkyl halides is 3. The van der Waals surface area contributed by atoms with Crippen molar-refractivity contribution in [3.8, 4) is 0 Å². The van der Waals surface area contributed by atoms with Gasteiger partial charge in [0, 0.05) is 0 Å². The molecule has 1 atom stereocenters. The highest BCUT2D eigenvalue weighted by molar-refractivity contribution is 5.90. The van der Waals surface area contributed by atoms with E-state index in [1.165, 1.54) is 6.92 Å². The Morgan fingerprint density at radius 2 is 2.00 bits per heavy atom. The number of nitrogens with one attached hydrogen (secondary N) is 1. The van der Waals surface area contributed by atoms with E-state index < -0.39 is 24.0 Å². The molecule has 0 amide bonds. The zero-order valence-electron chi connectivity index (χ0n) is 7.22. The van der Waals surface area contributed by atoms with E-state index in [0.717, 1.165) is 6.21 Å². The fraction of sp³-hybridized carbons (Fsp3) is 0.571. The monoisotopic (exact) mass is 211 g/mol. The number of halogens is 3. The lowest BCUT2D eigenvalue weighted by Gasteiger charge is -2.08. The van der Waals surface area contributed by atoms with Crippen LogP contribution in [0.4, 0.5) is 13.2 Å². The Hall–Kier alpha value is -1.40. The Morgan fingerprint density at radius 1 is 1.50 bits per heavy atom. The topological polar surface area (TPSA) is 67.2 Å². The zero-order valence-corrected chi connectivity index (χ0v) is 7.22. The minimum Gasteiger partial charge on any atom is -0.386 e. The third-order valence-electron chi connectivity index (χ3n) is 1.30. The Bertz CT molecular complexity index is 249. The fourth-order valence-corrected chi connectivity index (χ4v) is 0.523. The lowest BCUT2D eigenvalue weighted by Crippen LogP contribution is -2.30. The molecular formula is C7H8F3NO3. The number of carbonyl (C=O) groups excluding carboxylic acids is 2. The molecule has 7 heteroatoms. The summed E-state index contributed by atoms with van der Waals surface area (Å²) in [6.45, 7) is 1.26. The molecule has 0 aliphatic carbocycles. The van der Waals surface area contributed by atoms with Crippen LogP contribution in [0.25, 0.3) is 0 Å². The molecule has 0 heterocycles. The lowest BCUT2D eigenvalue weighted by molar-refractivity contribution is -0.202. The fourth-order valence-electron chi connectivity index (χ4n) is 0.523. The molecule has 0 aliphatic heterocycles. The average molecular weight is 211 g/mol. The largest absolute Gasteiger partial charge is 0.491 e. The third-order valence-corrected chi connectivity index (χ3v) is 1.30. The van der Waals surface area contributed by atoms with E-state index in [4.69, 9.17) is 5.41 Å². The van der Waals surface area contributed by atoms with E-state index in [1.54, 1.807) is 0 Å². The molecule has 4 nitrogen and oxygen atoms in total. The molecule has 0 aromatic heterocycles. The number of carbonyl (C=O) groups is 2. The highest BCUT2D eigenvalue weighted by Gasteiger charge is 2.42. The summed E-state index contributed by atoms with van der Waals surface area (Å²) >= 11 is 0. The molecule has 0 fully saturated rings. The Morgan fingerprint density at radius 3 is 2.36 bits per heavy atom. The summed E-state index contributed by atoms with van der Waals surface area (Å²) in [5.74, 6) is -4.74. The van der Waals surface area contributed by atoms with E-state index in [2.05, 4.69) is 4.74 Å². The van der Waals surface area contributed by atoms with Gasteiger partial charge < -0.3 is 10.1 Å². The summed E-state index contributed by atoms with van der Waals surface area (Å²) in [6, 6.07) is 0. The van der Waals surface area contributed by atoms with Gasteiger partial charge in [0.05, 0.1) is 5.92 Å². The summed E-state index contributed by atoms with van der Waals surface area (Å²) in [6.07, 6.45) is -4.38. The first kappa shape index (κ1) is 12.6. The lowest BCUT2D eigenvalue weighted by atomic mass is 10.1. The van der Waals surface area contributed by atoms with Gasteiger partial charge in [0.1, 0.15) is 0 Å². The summed E-state index contributed by atoms with van der Waals surface area (Å²) in [5.41, 5.74) is 0. The van der Waals surface area contributed by atoms with Crippen molar-refractivity contribution in [2.75, 3.05) is 0 Å². The number of ether oxygens (including phenoxy) is 1. The van der Waals surface area contributed by atoms with Gasteiger partial charge in [-0.05, 0) is 12.6 Å². The SMILES string of the molecule is C[C@H](CC=N)C(=O)OC(=O)C(F)(F)F. The van der Waals surface area contributed by atoms with Crippen LogP contribution in [0.15, 0.2) is 0 Å². The molecule has 0 aromatic rings. The number of esters is 2. The van der Waals surface area contributed by atoms with Crippen molar-refractivity contribution < 1.29 is 27.5 Å². The Kier molecular flexibility index (Phi) is 4.26. The predicted octanol–water partition coefficient (Wildman–Crippen LogP) is 1.29. The van der Waals surface area contributed by atoms with Crippen LogP contribution in [-0.4, -0.2) is 24.3 Å². The number of rotatable bonds is 3. The molecule has 0 saturated carbocycles. The highest BCUT2D eigenvalue weighted by Crippen LogP contribution is 2.17. The van der Waals surface area contributed by atoms with Gasteiger partial charge in [-0.15, -0.1) is 0 Å². The molecule has 0 radical (unpaired) electrons. The van der Waals surface area contributed by atoms with E-state index in [-0.39, 0.29) is 6.42 Å². The van der Waals surface area contributed by atoms with Crippen LogP contribution >= 0.6 is 0 Å². The molecule has 1 N–H and O–H groups in total. The van der Waals surface area contributed by atoms with Crippen LogP contribution in [0.5, 0.6) is 0 Å². The van der Waals surface area contributed by atoms with E-state index in [0.29, 0.717) is 0 Å². The second-order valence-electron chi connectivity index (χ2n) is 2.55. The minimum absolute atomic E-state index is 0.0655. The highest BCUT2D eigenvalue weighted by atomic mass is 19.4. The second-order valence-corrected chi connectivity index (χ2v) is 2.55. The summed E-state index contributed by atoms with van der Waals surface area (Å²) < 4.78 is 38.3. The first-order valence-electron chi connectivity index (χ1n) is 3.60. The summed E-state index contributed by atoms with van der Waals surface area (Å²) in [7, 11) is 0. The summed E-state index contributed by atoms with van der Waals surface area (Å²) in [5, 5.41) is 6.59. The van der Waals surface area contributed by atoms with Gasteiger partial charge in [0.15, 0.2) is 0 Å². The van der Waals surface area contributed by atoms with Crippen LogP contribution < -0.4 is 0 Å². The van der Waals surface area contributed by atoms with E-state index in [1.807, 2.05) is 0 Å². The van der Waals surface area contributed by atoms with Crippen molar-refractivity contribution in [3.63, 3.8) is 0 Å². The van der Waals surface area contributed by atoms with Crippen molar-refractivity contribution >= 4 is 18.2 Å². The molecule has 0 unspecified atom stereocenters. The normalized spacial score (nSPS) is 13.1. The molecule has 80 valence electrons. The molecule has 14 heavy (non-hydrogen) atoms. The maximum atomic E-state index is 11.6. The number of hydrogen-bond acceptors (Lipinski definition) is 4. The van der Waals surface area contributed by atoms with Crippen LogP contribution in [0.1, 0.15) is 13.3 Å². The van der Waals surface area contributed by atoms with Crippen molar-refractivity contribution in [1.82, 2.24) is 0 Å². The molecule has 0 rings (SSSR count). The second kappa shape index (κ2) is 4.73. The molecule has 0 saturated heterocycles. The van der Waals surface area contributed by atoms with Crippen molar-refractivity contribution in [2.45, 2.75) is 19.5 Å². The van der Waals surface area contributed by atoms with Gasteiger partial charge in [-0.25, -0.2) is 4.79 Å². The van der Waals surface area contributed by atoms with Gasteiger partial charge in [-0.2, -0.15) is 13.2 Å². The Labute approximate surface area is 77.5 Å². The predicted molar refractivity (Wildman–Crippen MR) is 39.7 cm³/mol. The maximum Gasteiger partial charge on any atom is 0.491 e. The molecule has 0 bridgehead atoms. The van der Waals surface area contributed by atoms with Crippen molar-refractivity contribution in [2.24, 2.45) is 5.92 Å². The van der Waals surface area contributed by atoms with Crippen LogP contribution in [-0.2, 0) is 14.3 Å². The maximum absolute atomic E-state index is 11.6. The van der Waals surface area contributed by atoms with Crippen LogP contribution in [0.2, 0.25) is 0 Å². The van der Waals surface area contributed by atoms with E-state index in [9.17, 15) is 22.8 Å². The smallest absolute Gasteiger partial charge is 0.386 e. The van der Waals surface area contributed by atoms with Crippen LogP contribution in [0.3, 0.4) is 0 Å². The third kappa shape index (κ3) is 4.01. The molecule has 0 spiro atoms.